The predicted molar refractivity (Wildman–Crippen MR) is 94.0 cm³/mol. The molecule has 0 fully saturated rings. The number of rotatable bonds is 7. The van der Waals surface area contributed by atoms with Crippen molar-refractivity contribution in [1.82, 2.24) is 15.0 Å². The van der Waals surface area contributed by atoms with E-state index in [2.05, 4.69) is 10.5 Å². The Morgan fingerprint density at radius 2 is 2.04 bits per heavy atom. The summed E-state index contributed by atoms with van der Waals surface area (Å²) in [6.07, 6.45) is 0.544. The van der Waals surface area contributed by atoms with E-state index in [0.717, 1.165) is 5.56 Å². The summed E-state index contributed by atoms with van der Waals surface area (Å²) >= 11 is 1.21. The molecule has 0 saturated carbocycles. The number of nitrogens with zero attached hydrogens (tertiary/aromatic N) is 2. The molecule has 1 amide bonds. The van der Waals surface area contributed by atoms with Crippen molar-refractivity contribution in [1.29, 1.82) is 0 Å². The van der Waals surface area contributed by atoms with Gasteiger partial charge in [-0.05, 0) is 19.4 Å². The van der Waals surface area contributed by atoms with E-state index in [4.69, 9.17) is 4.84 Å². The first-order chi connectivity index (χ1) is 11.5. The van der Waals surface area contributed by atoms with Crippen molar-refractivity contribution < 1.29 is 9.63 Å². The minimum atomic E-state index is -0.262. The van der Waals surface area contributed by atoms with Gasteiger partial charge in [0.15, 0.2) is 5.16 Å². The summed E-state index contributed by atoms with van der Waals surface area (Å²) in [6.45, 7) is 4.01. The molecule has 0 aliphatic rings. The lowest BCUT2D eigenvalue weighted by Gasteiger charge is -2.12. The van der Waals surface area contributed by atoms with Gasteiger partial charge in [-0.25, -0.2) is 10.5 Å². The molecule has 7 heteroatoms. The van der Waals surface area contributed by atoms with E-state index in [-0.39, 0.29) is 17.2 Å². The Hall–Kier alpha value is -2.12. The number of nitrogens with one attached hydrogen (secondary N) is 1. The Balaban J connectivity index is 2.16. The minimum Gasteiger partial charge on any atom is -0.291 e. The van der Waals surface area contributed by atoms with E-state index in [9.17, 15) is 9.59 Å². The minimum absolute atomic E-state index is 0.0842. The van der Waals surface area contributed by atoms with Crippen LogP contribution in [0.2, 0.25) is 0 Å². The molecule has 2 aromatic rings. The van der Waals surface area contributed by atoms with Gasteiger partial charge < -0.3 is 0 Å². The number of benzene rings is 1. The maximum absolute atomic E-state index is 12.6. The summed E-state index contributed by atoms with van der Waals surface area (Å²) in [4.78, 5) is 33.5. The SMILES string of the molecule is CCONC(=O)CSc1nc(C)c(Cc2ccccc2)c(=O)n1C. The van der Waals surface area contributed by atoms with Crippen LogP contribution in [0.4, 0.5) is 0 Å². The largest absolute Gasteiger partial charge is 0.291 e. The van der Waals surface area contributed by atoms with Crippen LogP contribution in [0.5, 0.6) is 0 Å². The Bertz CT molecular complexity index is 760. The molecule has 0 saturated heterocycles. The van der Waals surface area contributed by atoms with Crippen molar-refractivity contribution in [2.45, 2.75) is 25.4 Å². The molecular formula is C17H21N3O3S. The molecule has 0 radical (unpaired) electrons. The van der Waals surface area contributed by atoms with Crippen LogP contribution in [0, 0.1) is 6.92 Å². The predicted octanol–water partition coefficient (Wildman–Crippen LogP) is 1.84. The third kappa shape index (κ3) is 4.69. The lowest BCUT2D eigenvalue weighted by atomic mass is 10.1. The summed E-state index contributed by atoms with van der Waals surface area (Å²) in [6, 6.07) is 9.81. The standard InChI is InChI=1S/C17H21N3O3S/c1-4-23-19-15(21)11-24-17-18-12(2)14(16(22)20(17)3)10-13-8-6-5-7-9-13/h5-9H,4,10-11H2,1-3H3,(H,19,21). The fraction of sp³-hybridized carbons (Fsp3) is 0.353. The van der Waals surface area contributed by atoms with Crippen LogP contribution in [0.1, 0.15) is 23.7 Å². The molecule has 0 unspecified atom stereocenters. The second kappa shape index (κ2) is 8.65. The highest BCUT2D eigenvalue weighted by molar-refractivity contribution is 7.99. The zero-order valence-electron chi connectivity index (χ0n) is 14.0. The third-order valence-corrected chi connectivity index (χ3v) is 4.47. The fourth-order valence-corrected chi connectivity index (χ4v) is 2.97. The fourth-order valence-electron chi connectivity index (χ4n) is 2.17. The number of hydrogen-bond acceptors (Lipinski definition) is 5. The van der Waals surface area contributed by atoms with Crippen LogP contribution in [0.3, 0.4) is 0 Å². The molecule has 0 aliphatic carbocycles. The van der Waals surface area contributed by atoms with E-state index < -0.39 is 0 Å². The van der Waals surface area contributed by atoms with Gasteiger partial charge >= 0.3 is 0 Å². The van der Waals surface area contributed by atoms with Crippen molar-refractivity contribution in [3.05, 3.63) is 57.5 Å². The van der Waals surface area contributed by atoms with Crippen LogP contribution in [-0.2, 0) is 23.1 Å². The van der Waals surface area contributed by atoms with Gasteiger partial charge in [0.1, 0.15) is 0 Å². The molecule has 0 aliphatic heterocycles. The topological polar surface area (TPSA) is 73.2 Å². The molecule has 0 spiro atoms. The van der Waals surface area contributed by atoms with Crippen molar-refractivity contribution >= 4 is 17.7 Å². The monoisotopic (exact) mass is 347 g/mol. The normalized spacial score (nSPS) is 10.6. The average Bonchev–Trinajstić information content (AvgIpc) is 2.59. The number of hydroxylamine groups is 1. The van der Waals surface area contributed by atoms with E-state index in [1.54, 1.807) is 14.0 Å². The molecule has 24 heavy (non-hydrogen) atoms. The Morgan fingerprint density at radius 3 is 2.71 bits per heavy atom. The third-order valence-electron chi connectivity index (χ3n) is 3.44. The van der Waals surface area contributed by atoms with Gasteiger partial charge in [0.2, 0.25) is 0 Å². The summed E-state index contributed by atoms with van der Waals surface area (Å²) < 4.78 is 1.49. The second-order valence-corrected chi connectivity index (χ2v) is 6.17. The van der Waals surface area contributed by atoms with Gasteiger partial charge in [0.25, 0.3) is 11.5 Å². The molecule has 128 valence electrons. The van der Waals surface area contributed by atoms with E-state index in [0.29, 0.717) is 29.4 Å². The Kier molecular flexibility index (Phi) is 6.57. The smallest absolute Gasteiger partial charge is 0.257 e. The lowest BCUT2D eigenvalue weighted by Crippen LogP contribution is -2.28. The number of carbonyl (C=O) groups is 1. The quantitative estimate of drug-likeness (QED) is 0.470. The van der Waals surface area contributed by atoms with Gasteiger partial charge in [0, 0.05) is 24.7 Å². The van der Waals surface area contributed by atoms with Crippen molar-refractivity contribution in [2.75, 3.05) is 12.4 Å². The number of hydrogen-bond donors (Lipinski definition) is 1. The first-order valence-corrected chi connectivity index (χ1v) is 8.65. The summed E-state index contributed by atoms with van der Waals surface area (Å²) in [5.74, 6) is -0.125. The highest BCUT2D eigenvalue weighted by Gasteiger charge is 2.14. The van der Waals surface area contributed by atoms with Gasteiger partial charge in [-0.2, -0.15) is 0 Å². The van der Waals surface area contributed by atoms with Crippen LogP contribution in [0.25, 0.3) is 0 Å². The summed E-state index contributed by atoms with van der Waals surface area (Å²) in [7, 11) is 1.67. The molecule has 1 N–H and O–H groups in total. The lowest BCUT2D eigenvalue weighted by molar-refractivity contribution is -0.130. The van der Waals surface area contributed by atoms with Crippen molar-refractivity contribution in [3.8, 4) is 0 Å². The van der Waals surface area contributed by atoms with Gasteiger partial charge in [-0.1, -0.05) is 42.1 Å². The maximum atomic E-state index is 12.6. The maximum Gasteiger partial charge on any atom is 0.257 e. The Morgan fingerprint density at radius 1 is 1.33 bits per heavy atom. The van der Waals surface area contributed by atoms with Crippen molar-refractivity contribution in [3.63, 3.8) is 0 Å². The van der Waals surface area contributed by atoms with Gasteiger partial charge in [-0.3, -0.25) is 19.0 Å². The van der Waals surface area contributed by atoms with Crippen molar-refractivity contribution in [2.24, 2.45) is 7.05 Å². The molecule has 6 nitrogen and oxygen atoms in total. The number of amides is 1. The number of thioether (sulfide) groups is 1. The van der Waals surface area contributed by atoms with E-state index in [1.807, 2.05) is 37.3 Å². The highest BCUT2D eigenvalue weighted by atomic mass is 32.2. The number of aromatic nitrogens is 2. The van der Waals surface area contributed by atoms with Gasteiger partial charge in [-0.15, -0.1) is 0 Å². The first-order valence-electron chi connectivity index (χ1n) is 7.66. The second-order valence-electron chi connectivity index (χ2n) is 5.23. The number of carbonyl (C=O) groups excluding carboxylic acids is 1. The van der Waals surface area contributed by atoms with Crippen LogP contribution in [0.15, 0.2) is 40.3 Å². The molecule has 1 aromatic heterocycles. The molecule has 0 bridgehead atoms. The zero-order valence-corrected chi connectivity index (χ0v) is 14.9. The van der Waals surface area contributed by atoms with Gasteiger partial charge in [0.05, 0.1) is 12.4 Å². The average molecular weight is 347 g/mol. The molecule has 2 rings (SSSR count). The number of aryl methyl sites for hydroxylation is 1. The van der Waals surface area contributed by atoms with Crippen LogP contribution < -0.4 is 11.0 Å². The molecule has 1 aromatic carbocycles. The highest BCUT2D eigenvalue weighted by Crippen LogP contribution is 2.16. The van der Waals surface area contributed by atoms with Crippen LogP contribution in [-0.4, -0.2) is 27.8 Å². The first kappa shape index (κ1) is 18.2. The summed E-state index contributed by atoms with van der Waals surface area (Å²) in [5.41, 5.74) is 4.66. The van der Waals surface area contributed by atoms with E-state index in [1.165, 1.54) is 16.3 Å². The van der Waals surface area contributed by atoms with E-state index >= 15 is 0 Å². The zero-order chi connectivity index (χ0) is 17.5. The molecule has 0 atom stereocenters. The van der Waals surface area contributed by atoms with Crippen LogP contribution >= 0.6 is 11.8 Å². The molecule has 1 heterocycles. The molecular weight excluding hydrogens is 326 g/mol. The summed E-state index contributed by atoms with van der Waals surface area (Å²) in [5, 5.41) is 0.515. The Labute approximate surface area is 145 Å².